The molecule has 1 N–H and O–H groups in total. The highest BCUT2D eigenvalue weighted by molar-refractivity contribution is 5.41. The second-order valence-electron chi connectivity index (χ2n) is 4.64. The van der Waals surface area contributed by atoms with E-state index in [1.54, 1.807) is 42.3 Å². The Morgan fingerprint density at radius 1 is 1.19 bits per heavy atom. The molecule has 2 aromatic rings. The molecule has 0 amide bonds. The largest absolute Gasteiger partial charge is 0.497 e. The highest BCUT2D eigenvalue weighted by Crippen LogP contribution is 2.29. The molecule has 1 aromatic carbocycles. The van der Waals surface area contributed by atoms with Gasteiger partial charge in [0.15, 0.2) is 0 Å². The van der Waals surface area contributed by atoms with Gasteiger partial charge in [-0.15, -0.1) is 0 Å². The maximum Gasteiger partial charge on any atom is 0.328 e. The molecule has 21 heavy (non-hydrogen) atoms. The van der Waals surface area contributed by atoms with Crippen molar-refractivity contribution < 1.29 is 14.6 Å². The fourth-order valence-corrected chi connectivity index (χ4v) is 2.22. The van der Waals surface area contributed by atoms with Crippen molar-refractivity contribution in [1.29, 1.82) is 0 Å². The number of rotatable bonds is 6. The molecule has 0 bridgehead atoms. The molecule has 114 valence electrons. The SMILES string of the molecule is CCn1ccn(CC(O)c2cc(OC)ccc2OC)c1=O. The van der Waals surface area contributed by atoms with Crippen LogP contribution in [0.25, 0.3) is 0 Å². The number of aliphatic hydroxyl groups excluding tert-OH is 1. The summed E-state index contributed by atoms with van der Waals surface area (Å²) in [5.74, 6) is 1.19. The van der Waals surface area contributed by atoms with Crippen molar-refractivity contribution in [3.63, 3.8) is 0 Å². The van der Waals surface area contributed by atoms with Gasteiger partial charge in [-0.1, -0.05) is 0 Å². The van der Waals surface area contributed by atoms with Gasteiger partial charge in [0, 0.05) is 24.5 Å². The minimum Gasteiger partial charge on any atom is -0.497 e. The van der Waals surface area contributed by atoms with Crippen LogP contribution >= 0.6 is 0 Å². The summed E-state index contributed by atoms with van der Waals surface area (Å²) < 4.78 is 13.5. The highest BCUT2D eigenvalue weighted by Gasteiger charge is 2.16. The fraction of sp³-hybridized carbons (Fsp3) is 0.400. The number of ether oxygens (including phenoxy) is 2. The Bertz CT molecular complexity index is 660. The monoisotopic (exact) mass is 292 g/mol. The van der Waals surface area contributed by atoms with Gasteiger partial charge in [-0.05, 0) is 25.1 Å². The lowest BCUT2D eigenvalue weighted by molar-refractivity contribution is 0.150. The van der Waals surface area contributed by atoms with Gasteiger partial charge in [-0.25, -0.2) is 4.79 Å². The van der Waals surface area contributed by atoms with E-state index in [0.29, 0.717) is 23.6 Å². The van der Waals surface area contributed by atoms with Gasteiger partial charge in [0.1, 0.15) is 17.6 Å². The molecule has 1 heterocycles. The Labute approximate surface area is 123 Å². The Morgan fingerprint density at radius 2 is 1.90 bits per heavy atom. The van der Waals surface area contributed by atoms with Crippen LogP contribution in [0.4, 0.5) is 0 Å². The molecule has 1 atom stereocenters. The van der Waals surface area contributed by atoms with Crippen LogP contribution in [0, 0.1) is 0 Å². The first kappa shape index (κ1) is 15.2. The van der Waals surface area contributed by atoms with Crippen LogP contribution in [0.5, 0.6) is 11.5 Å². The summed E-state index contributed by atoms with van der Waals surface area (Å²) in [7, 11) is 3.10. The predicted molar refractivity (Wildman–Crippen MR) is 78.9 cm³/mol. The number of hydrogen-bond donors (Lipinski definition) is 1. The van der Waals surface area contributed by atoms with Gasteiger partial charge in [-0.2, -0.15) is 0 Å². The molecule has 0 spiro atoms. The molecule has 0 aliphatic carbocycles. The quantitative estimate of drug-likeness (QED) is 0.874. The van der Waals surface area contributed by atoms with E-state index in [1.807, 2.05) is 6.92 Å². The van der Waals surface area contributed by atoms with Crippen LogP contribution in [-0.2, 0) is 13.1 Å². The lowest BCUT2D eigenvalue weighted by Gasteiger charge is -2.16. The summed E-state index contributed by atoms with van der Waals surface area (Å²) in [6.45, 7) is 2.66. The number of aromatic nitrogens is 2. The average molecular weight is 292 g/mol. The molecule has 0 aliphatic heterocycles. The summed E-state index contributed by atoms with van der Waals surface area (Å²) in [5, 5.41) is 10.4. The summed E-state index contributed by atoms with van der Waals surface area (Å²) in [4.78, 5) is 12.0. The number of aryl methyl sites for hydroxylation is 1. The third-order valence-corrected chi connectivity index (χ3v) is 3.42. The average Bonchev–Trinajstić information content (AvgIpc) is 2.86. The third-order valence-electron chi connectivity index (χ3n) is 3.42. The Kier molecular flexibility index (Phi) is 4.70. The number of nitrogens with zero attached hydrogens (tertiary/aromatic N) is 2. The molecular weight excluding hydrogens is 272 g/mol. The standard InChI is InChI=1S/C15H20N2O4/c1-4-16-7-8-17(15(16)19)10-13(18)12-9-11(20-2)5-6-14(12)21-3/h5-9,13,18H,4,10H2,1-3H3. The Morgan fingerprint density at radius 3 is 2.48 bits per heavy atom. The van der Waals surface area contributed by atoms with Gasteiger partial charge in [0.25, 0.3) is 0 Å². The minimum atomic E-state index is -0.861. The van der Waals surface area contributed by atoms with Crippen LogP contribution in [0.3, 0.4) is 0 Å². The Hall–Kier alpha value is -2.21. The zero-order valence-electron chi connectivity index (χ0n) is 12.4. The third kappa shape index (κ3) is 3.11. The number of imidazole rings is 1. The van der Waals surface area contributed by atoms with E-state index in [9.17, 15) is 9.90 Å². The topological polar surface area (TPSA) is 65.6 Å². The van der Waals surface area contributed by atoms with Gasteiger partial charge >= 0.3 is 5.69 Å². The van der Waals surface area contributed by atoms with Crippen LogP contribution in [0.1, 0.15) is 18.6 Å². The molecule has 1 aromatic heterocycles. The molecule has 0 fully saturated rings. The smallest absolute Gasteiger partial charge is 0.328 e. The lowest BCUT2D eigenvalue weighted by Crippen LogP contribution is -2.25. The first-order valence-electron chi connectivity index (χ1n) is 6.76. The Balaban J connectivity index is 2.28. The van der Waals surface area contributed by atoms with Gasteiger partial charge in [-0.3, -0.25) is 9.13 Å². The molecule has 6 nitrogen and oxygen atoms in total. The van der Waals surface area contributed by atoms with Crippen molar-refractivity contribution in [2.75, 3.05) is 14.2 Å². The molecule has 0 saturated heterocycles. The number of benzene rings is 1. The number of hydrogen-bond acceptors (Lipinski definition) is 4. The maximum atomic E-state index is 12.0. The zero-order chi connectivity index (χ0) is 15.4. The molecule has 1 unspecified atom stereocenters. The van der Waals surface area contributed by atoms with E-state index >= 15 is 0 Å². The van der Waals surface area contributed by atoms with Crippen molar-refractivity contribution in [1.82, 2.24) is 9.13 Å². The minimum absolute atomic E-state index is 0.140. The number of methoxy groups -OCH3 is 2. The van der Waals surface area contributed by atoms with Crippen LogP contribution in [-0.4, -0.2) is 28.5 Å². The van der Waals surface area contributed by atoms with Gasteiger partial charge < -0.3 is 14.6 Å². The summed E-state index contributed by atoms with van der Waals surface area (Å²) in [5.41, 5.74) is 0.450. The van der Waals surface area contributed by atoms with E-state index < -0.39 is 6.10 Å². The summed E-state index contributed by atoms with van der Waals surface area (Å²) in [6, 6.07) is 5.21. The molecule has 6 heteroatoms. The van der Waals surface area contributed by atoms with Crippen molar-refractivity contribution in [2.24, 2.45) is 0 Å². The van der Waals surface area contributed by atoms with E-state index in [-0.39, 0.29) is 12.2 Å². The fourth-order valence-electron chi connectivity index (χ4n) is 2.22. The zero-order valence-corrected chi connectivity index (χ0v) is 12.4. The summed E-state index contributed by atoms with van der Waals surface area (Å²) >= 11 is 0. The molecule has 0 radical (unpaired) electrons. The van der Waals surface area contributed by atoms with E-state index in [0.717, 1.165) is 0 Å². The normalized spacial score (nSPS) is 12.2. The molecule has 0 saturated carbocycles. The predicted octanol–water partition coefficient (Wildman–Crippen LogP) is 1.42. The first-order valence-corrected chi connectivity index (χ1v) is 6.76. The molecule has 2 rings (SSSR count). The van der Waals surface area contributed by atoms with Crippen LogP contribution in [0.15, 0.2) is 35.4 Å². The number of aliphatic hydroxyl groups is 1. The maximum absolute atomic E-state index is 12.0. The van der Waals surface area contributed by atoms with Crippen molar-refractivity contribution >= 4 is 0 Å². The second kappa shape index (κ2) is 6.49. The highest BCUT2D eigenvalue weighted by atomic mass is 16.5. The van der Waals surface area contributed by atoms with E-state index in [4.69, 9.17) is 9.47 Å². The van der Waals surface area contributed by atoms with Crippen LogP contribution < -0.4 is 15.2 Å². The van der Waals surface area contributed by atoms with Gasteiger partial charge in [0.2, 0.25) is 0 Å². The van der Waals surface area contributed by atoms with Crippen molar-refractivity contribution in [3.8, 4) is 11.5 Å². The van der Waals surface area contributed by atoms with Gasteiger partial charge in [0.05, 0.1) is 20.8 Å². The molecule has 0 aliphatic rings. The van der Waals surface area contributed by atoms with Crippen LogP contribution in [0.2, 0.25) is 0 Å². The van der Waals surface area contributed by atoms with E-state index in [2.05, 4.69) is 0 Å². The summed E-state index contributed by atoms with van der Waals surface area (Å²) in [6.07, 6.45) is 2.51. The van der Waals surface area contributed by atoms with E-state index in [1.165, 1.54) is 11.7 Å². The van der Waals surface area contributed by atoms with Crippen molar-refractivity contribution in [2.45, 2.75) is 26.1 Å². The molecular formula is C15H20N2O4. The lowest BCUT2D eigenvalue weighted by atomic mass is 10.1. The van der Waals surface area contributed by atoms with Crippen molar-refractivity contribution in [3.05, 3.63) is 46.6 Å². The second-order valence-corrected chi connectivity index (χ2v) is 4.64. The first-order chi connectivity index (χ1) is 10.1.